The Bertz CT molecular complexity index is 1160. The van der Waals surface area contributed by atoms with Gasteiger partial charge >= 0.3 is 0 Å². The molecule has 2 N–H and O–H groups in total. The van der Waals surface area contributed by atoms with E-state index >= 15 is 0 Å². The summed E-state index contributed by atoms with van der Waals surface area (Å²) >= 11 is 0. The van der Waals surface area contributed by atoms with Crippen LogP contribution in [0.25, 0.3) is 12.2 Å². The molecule has 0 aliphatic heterocycles. The van der Waals surface area contributed by atoms with Crippen molar-refractivity contribution >= 4 is 12.2 Å². The van der Waals surface area contributed by atoms with E-state index in [0.29, 0.717) is 5.69 Å². The summed E-state index contributed by atoms with van der Waals surface area (Å²) < 4.78 is 1.36. The quantitative estimate of drug-likeness (QED) is 0.715. The van der Waals surface area contributed by atoms with E-state index in [2.05, 4.69) is 35.7 Å². The van der Waals surface area contributed by atoms with Crippen LogP contribution in [-0.2, 0) is 12.5 Å². The number of H-pyrrole nitrogens is 2. The van der Waals surface area contributed by atoms with Gasteiger partial charge in [-0.15, -0.1) is 0 Å². The zero-order valence-corrected chi connectivity index (χ0v) is 15.3. The van der Waals surface area contributed by atoms with Gasteiger partial charge in [-0.1, -0.05) is 51.1 Å². The lowest BCUT2D eigenvalue weighted by Gasteiger charge is -2.17. The Hall–Kier alpha value is -3.15. The first-order valence-electron chi connectivity index (χ1n) is 8.39. The number of rotatable bonds is 2. The van der Waals surface area contributed by atoms with Gasteiger partial charge in [-0.25, -0.2) is 4.98 Å². The second kappa shape index (κ2) is 6.63. The van der Waals surface area contributed by atoms with Gasteiger partial charge in [-0.2, -0.15) is 0 Å². The van der Waals surface area contributed by atoms with Crippen molar-refractivity contribution in [3.05, 3.63) is 85.0 Å². The number of hydrogen-bond acceptors (Lipinski definition) is 3. The molecule has 0 saturated heterocycles. The maximum atomic E-state index is 12.7. The average Bonchev–Trinajstić information content (AvgIpc) is 3.06. The normalized spacial score (nSPS) is 13.4. The topological polar surface area (TPSA) is 83.5 Å². The van der Waals surface area contributed by atoms with Crippen LogP contribution in [0.5, 0.6) is 0 Å². The molecule has 0 unspecified atom stereocenters. The molecule has 26 heavy (non-hydrogen) atoms. The monoisotopic (exact) mass is 350 g/mol. The molecule has 0 aliphatic carbocycles. The number of nitrogens with zero attached hydrogens (tertiary/aromatic N) is 2. The Morgan fingerprint density at radius 3 is 2.42 bits per heavy atom. The molecule has 134 valence electrons. The summed E-state index contributed by atoms with van der Waals surface area (Å²) in [5.74, 6) is 0. The van der Waals surface area contributed by atoms with Crippen molar-refractivity contribution < 1.29 is 0 Å². The predicted molar refractivity (Wildman–Crippen MR) is 102 cm³/mol. The fourth-order valence-electron chi connectivity index (χ4n) is 2.80. The number of aromatic nitrogens is 4. The molecular weight excluding hydrogens is 328 g/mol. The highest BCUT2D eigenvalue weighted by molar-refractivity contribution is 5.49. The Kier molecular flexibility index (Phi) is 4.50. The average molecular weight is 350 g/mol. The van der Waals surface area contributed by atoms with E-state index in [9.17, 15) is 9.59 Å². The van der Waals surface area contributed by atoms with Crippen LogP contribution in [0.2, 0.25) is 0 Å². The number of hydrogen-bond donors (Lipinski definition) is 2. The lowest BCUT2D eigenvalue weighted by molar-refractivity contribution is 0.571. The summed E-state index contributed by atoms with van der Waals surface area (Å²) in [6.07, 6.45) is 4.91. The molecule has 6 heteroatoms. The van der Waals surface area contributed by atoms with E-state index in [0.717, 1.165) is 11.3 Å². The van der Waals surface area contributed by atoms with E-state index < -0.39 is 0 Å². The van der Waals surface area contributed by atoms with E-state index in [1.165, 1.54) is 4.57 Å². The molecule has 0 fully saturated rings. The van der Waals surface area contributed by atoms with Gasteiger partial charge < -0.3 is 14.5 Å². The molecule has 6 nitrogen and oxygen atoms in total. The predicted octanol–water partition coefficient (Wildman–Crippen LogP) is 0.752. The van der Waals surface area contributed by atoms with Gasteiger partial charge in [-0.05, 0) is 17.7 Å². The van der Waals surface area contributed by atoms with Crippen LogP contribution in [0, 0.1) is 0 Å². The second-order valence-electron chi connectivity index (χ2n) is 7.23. The summed E-state index contributed by atoms with van der Waals surface area (Å²) in [4.78, 5) is 35.4. The van der Waals surface area contributed by atoms with Gasteiger partial charge in [0.15, 0.2) is 0 Å². The van der Waals surface area contributed by atoms with Crippen molar-refractivity contribution in [1.82, 2.24) is 19.5 Å². The van der Waals surface area contributed by atoms with Crippen LogP contribution in [-0.4, -0.2) is 19.5 Å². The molecule has 1 aromatic carbocycles. The lowest BCUT2D eigenvalue weighted by atomic mass is 9.90. The Morgan fingerprint density at radius 2 is 1.77 bits per heavy atom. The number of nitrogens with one attached hydrogen (secondary N) is 2. The highest BCUT2D eigenvalue weighted by atomic mass is 16.1. The minimum Gasteiger partial charge on any atom is -0.348 e. The summed E-state index contributed by atoms with van der Waals surface area (Å²) in [7, 11) is 1.59. The summed E-state index contributed by atoms with van der Waals surface area (Å²) in [5, 5.41) is 0.511. The van der Waals surface area contributed by atoms with Crippen LogP contribution in [0.3, 0.4) is 0 Å². The van der Waals surface area contributed by atoms with E-state index in [1.54, 1.807) is 25.5 Å². The molecule has 0 saturated carbocycles. The SMILES string of the molecule is Cn1c(=O)/c(=C/c2ccccc2)[nH]c(=O)/c1=C/c1nc[nH]c1C(C)(C)C. The van der Waals surface area contributed by atoms with Crippen molar-refractivity contribution in [2.75, 3.05) is 0 Å². The molecule has 3 rings (SSSR count). The van der Waals surface area contributed by atoms with Gasteiger partial charge in [0.05, 0.1) is 12.0 Å². The van der Waals surface area contributed by atoms with E-state index in [1.807, 2.05) is 30.3 Å². The highest BCUT2D eigenvalue weighted by Gasteiger charge is 2.19. The zero-order chi connectivity index (χ0) is 18.9. The van der Waals surface area contributed by atoms with Crippen LogP contribution in [0.15, 0.2) is 46.2 Å². The zero-order valence-electron chi connectivity index (χ0n) is 15.3. The molecule has 2 aromatic heterocycles. The molecule has 0 aliphatic rings. The number of benzene rings is 1. The molecule has 3 aromatic rings. The fraction of sp³-hybridized carbons (Fsp3) is 0.250. The fourth-order valence-corrected chi connectivity index (χ4v) is 2.80. The Balaban J connectivity index is 2.23. The molecule has 0 spiro atoms. The van der Waals surface area contributed by atoms with Gasteiger partial charge in [-0.3, -0.25) is 9.59 Å². The first-order chi connectivity index (χ1) is 12.3. The summed E-state index contributed by atoms with van der Waals surface area (Å²) in [6, 6.07) is 9.39. The first kappa shape index (κ1) is 17.7. The molecule has 0 bridgehead atoms. The smallest absolute Gasteiger partial charge is 0.274 e. The van der Waals surface area contributed by atoms with Gasteiger partial charge in [0, 0.05) is 18.2 Å². The van der Waals surface area contributed by atoms with E-state index in [4.69, 9.17) is 0 Å². The number of aromatic amines is 2. The first-order valence-corrected chi connectivity index (χ1v) is 8.39. The summed E-state index contributed by atoms with van der Waals surface area (Å²) in [6.45, 7) is 6.16. The third-order valence-corrected chi connectivity index (χ3v) is 4.18. The standard InChI is InChI=1S/C20H22N4O2/c1-20(2,3)17-14(21-12-22-17)11-16-18(25)23-15(19(26)24(16)4)10-13-8-6-5-7-9-13/h5-12H,1-4H3,(H,21,22)(H,23,25)/b15-10-,16-11-. The molecular formula is C20H22N4O2. The van der Waals surface area contributed by atoms with Crippen LogP contribution in [0.4, 0.5) is 0 Å². The highest BCUT2D eigenvalue weighted by Crippen LogP contribution is 2.22. The minimum absolute atomic E-state index is 0.158. The maximum Gasteiger partial charge on any atom is 0.274 e. The largest absolute Gasteiger partial charge is 0.348 e. The molecule has 0 amide bonds. The van der Waals surface area contributed by atoms with E-state index in [-0.39, 0.29) is 27.2 Å². The van der Waals surface area contributed by atoms with Crippen molar-refractivity contribution in [3.8, 4) is 0 Å². The van der Waals surface area contributed by atoms with Gasteiger partial charge in [0.25, 0.3) is 11.1 Å². The minimum atomic E-state index is -0.336. The van der Waals surface area contributed by atoms with Crippen LogP contribution >= 0.6 is 0 Å². The molecule has 2 heterocycles. The van der Waals surface area contributed by atoms with Crippen molar-refractivity contribution in [3.63, 3.8) is 0 Å². The van der Waals surface area contributed by atoms with Gasteiger partial charge in [0.2, 0.25) is 0 Å². The van der Waals surface area contributed by atoms with Crippen LogP contribution in [0.1, 0.15) is 37.7 Å². The Labute approximate surface area is 150 Å². The van der Waals surface area contributed by atoms with Crippen molar-refractivity contribution in [1.29, 1.82) is 0 Å². The van der Waals surface area contributed by atoms with Gasteiger partial charge in [0.1, 0.15) is 10.7 Å². The Morgan fingerprint density at radius 1 is 1.08 bits per heavy atom. The second-order valence-corrected chi connectivity index (χ2v) is 7.23. The lowest BCUT2D eigenvalue weighted by Crippen LogP contribution is -2.52. The number of imidazole rings is 1. The maximum absolute atomic E-state index is 12.7. The molecule has 0 atom stereocenters. The van der Waals surface area contributed by atoms with Crippen molar-refractivity contribution in [2.24, 2.45) is 7.05 Å². The van der Waals surface area contributed by atoms with Crippen molar-refractivity contribution in [2.45, 2.75) is 26.2 Å². The third-order valence-electron chi connectivity index (χ3n) is 4.18. The third kappa shape index (κ3) is 3.44. The van der Waals surface area contributed by atoms with Crippen LogP contribution < -0.4 is 21.8 Å². The summed E-state index contributed by atoms with van der Waals surface area (Å²) in [5.41, 5.74) is 1.64. The molecule has 0 radical (unpaired) electrons.